The topological polar surface area (TPSA) is 29.1 Å². The van der Waals surface area contributed by atoms with Gasteiger partial charge in [-0.3, -0.25) is 4.79 Å². The molecule has 0 heterocycles. The number of rotatable bonds is 3. The zero-order chi connectivity index (χ0) is 13.8. The number of hydrogen-bond acceptors (Lipinski definition) is 1. The lowest BCUT2D eigenvalue weighted by atomic mass is 10.1. The summed E-state index contributed by atoms with van der Waals surface area (Å²) in [5.74, 6) is -1.18. The Morgan fingerprint density at radius 1 is 1.11 bits per heavy atom. The van der Waals surface area contributed by atoms with Crippen LogP contribution in [0.25, 0.3) is 0 Å². The van der Waals surface area contributed by atoms with E-state index in [1.54, 1.807) is 30.3 Å². The molecule has 98 valence electrons. The maximum Gasteiger partial charge on any atom is 0.247 e. The van der Waals surface area contributed by atoms with Gasteiger partial charge in [0.1, 0.15) is 5.38 Å². The summed E-state index contributed by atoms with van der Waals surface area (Å²) in [5, 5.41) is 1.48. The van der Waals surface area contributed by atoms with Crippen molar-refractivity contribution in [1.29, 1.82) is 0 Å². The number of amides is 1. The molecular weight excluding hydrogens is 288 g/mol. The smallest absolute Gasteiger partial charge is 0.247 e. The normalized spacial score (nSPS) is 11.9. The molecule has 1 N–H and O–H groups in total. The van der Waals surface area contributed by atoms with Crippen LogP contribution in [0.1, 0.15) is 10.9 Å². The average Bonchev–Trinajstić information content (AvgIpc) is 2.44. The minimum atomic E-state index is -0.889. The molecule has 5 heteroatoms. The van der Waals surface area contributed by atoms with Crippen LogP contribution >= 0.6 is 23.2 Å². The van der Waals surface area contributed by atoms with Crippen molar-refractivity contribution in [3.05, 3.63) is 64.9 Å². The van der Waals surface area contributed by atoms with E-state index in [1.165, 1.54) is 12.1 Å². The molecule has 0 spiro atoms. The van der Waals surface area contributed by atoms with Crippen molar-refractivity contribution in [2.75, 3.05) is 5.32 Å². The number of nitrogens with one attached hydrogen (secondary N) is 1. The van der Waals surface area contributed by atoms with Crippen LogP contribution in [-0.2, 0) is 4.79 Å². The second-order valence-corrected chi connectivity index (χ2v) is 4.71. The van der Waals surface area contributed by atoms with Crippen LogP contribution in [0.2, 0.25) is 5.02 Å². The quantitative estimate of drug-likeness (QED) is 0.836. The lowest BCUT2D eigenvalue weighted by Crippen LogP contribution is -2.18. The van der Waals surface area contributed by atoms with Gasteiger partial charge in [0.15, 0.2) is 5.82 Å². The summed E-state index contributed by atoms with van der Waals surface area (Å²) >= 11 is 11.7. The number of halogens is 3. The van der Waals surface area contributed by atoms with Gasteiger partial charge in [0.25, 0.3) is 0 Å². The largest absolute Gasteiger partial charge is 0.322 e. The molecule has 0 radical (unpaired) electrons. The zero-order valence-corrected chi connectivity index (χ0v) is 11.3. The summed E-state index contributed by atoms with van der Waals surface area (Å²) in [5.41, 5.74) is 0.656. The Morgan fingerprint density at radius 3 is 2.47 bits per heavy atom. The molecule has 0 aromatic heterocycles. The van der Waals surface area contributed by atoms with Gasteiger partial charge in [-0.1, -0.05) is 48.0 Å². The highest BCUT2D eigenvalue weighted by molar-refractivity contribution is 6.33. The predicted molar refractivity (Wildman–Crippen MR) is 75.1 cm³/mol. The summed E-state index contributed by atoms with van der Waals surface area (Å²) in [4.78, 5) is 11.9. The van der Waals surface area contributed by atoms with Crippen LogP contribution < -0.4 is 5.32 Å². The molecule has 0 aliphatic carbocycles. The van der Waals surface area contributed by atoms with Crippen molar-refractivity contribution >= 4 is 34.8 Å². The van der Waals surface area contributed by atoms with E-state index in [2.05, 4.69) is 5.32 Å². The van der Waals surface area contributed by atoms with Crippen LogP contribution in [0.15, 0.2) is 48.5 Å². The fourth-order valence-electron chi connectivity index (χ4n) is 1.57. The number of carbonyl (C=O) groups is 1. The molecule has 1 atom stereocenters. The van der Waals surface area contributed by atoms with Gasteiger partial charge in [0.2, 0.25) is 5.91 Å². The Morgan fingerprint density at radius 2 is 1.79 bits per heavy atom. The summed E-state index contributed by atoms with van der Waals surface area (Å²) in [7, 11) is 0. The molecule has 2 aromatic carbocycles. The molecule has 1 unspecified atom stereocenters. The molecule has 0 aliphatic heterocycles. The van der Waals surface area contributed by atoms with E-state index in [0.29, 0.717) is 5.56 Å². The van der Waals surface area contributed by atoms with Gasteiger partial charge in [0.05, 0.1) is 10.7 Å². The minimum absolute atomic E-state index is 0.0130. The van der Waals surface area contributed by atoms with Crippen molar-refractivity contribution < 1.29 is 9.18 Å². The fraction of sp³-hybridized carbons (Fsp3) is 0.0714. The van der Waals surface area contributed by atoms with E-state index >= 15 is 0 Å². The Hall–Kier alpha value is -1.58. The van der Waals surface area contributed by atoms with Crippen molar-refractivity contribution in [3.63, 3.8) is 0 Å². The van der Waals surface area contributed by atoms with Gasteiger partial charge in [0, 0.05) is 0 Å². The maximum absolute atomic E-state index is 13.6. The Bertz CT molecular complexity index is 589. The molecule has 19 heavy (non-hydrogen) atoms. The first-order chi connectivity index (χ1) is 9.09. The minimum Gasteiger partial charge on any atom is -0.322 e. The predicted octanol–water partition coefficient (Wildman–Crippen LogP) is 4.40. The molecule has 0 saturated carbocycles. The van der Waals surface area contributed by atoms with E-state index in [9.17, 15) is 9.18 Å². The second-order valence-electron chi connectivity index (χ2n) is 3.86. The van der Waals surface area contributed by atoms with E-state index in [0.717, 1.165) is 0 Å². The van der Waals surface area contributed by atoms with Crippen molar-refractivity contribution in [3.8, 4) is 0 Å². The standard InChI is InChI=1S/C14H10Cl2FNO/c15-10-7-4-8-11(13(10)17)18-14(19)12(16)9-5-2-1-3-6-9/h1-8,12H,(H,18,19). The van der Waals surface area contributed by atoms with Gasteiger partial charge < -0.3 is 5.32 Å². The van der Waals surface area contributed by atoms with Gasteiger partial charge in [-0.15, -0.1) is 11.6 Å². The molecule has 0 bridgehead atoms. The van der Waals surface area contributed by atoms with Crippen LogP contribution in [0, 0.1) is 5.82 Å². The Labute approximate surface area is 120 Å². The molecule has 0 saturated heterocycles. The SMILES string of the molecule is O=C(Nc1cccc(Cl)c1F)C(Cl)c1ccccc1. The Balaban J connectivity index is 2.15. The van der Waals surface area contributed by atoms with Crippen molar-refractivity contribution in [2.45, 2.75) is 5.38 Å². The third-order valence-corrected chi connectivity index (χ3v) is 3.27. The number of hydrogen-bond donors (Lipinski definition) is 1. The number of benzene rings is 2. The van der Waals surface area contributed by atoms with E-state index in [1.807, 2.05) is 6.07 Å². The van der Waals surface area contributed by atoms with Gasteiger partial charge >= 0.3 is 0 Å². The lowest BCUT2D eigenvalue weighted by Gasteiger charge is -2.11. The van der Waals surface area contributed by atoms with E-state index in [4.69, 9.17) is 23.2 Å². The first-order valence-electron chi connectivity index (χ1n) is 5.53. The van der Waals surface area contributed by atoms with Crippen molar-refractivity contribution in [2.24, 2.45) is 0 Å². The molecule has 2 rings (SSSR count). The molecule has 1 amide bonds. The van der Waals surface area contributed by atoms with Crippen LogP contribution in [0.4, 0.5) is 10.1 Å². The Kier molecular flexibility index (Phi) is 4.40. The number of alkyl halides is 1. The highest BCUT2D eigenvalue weighted by atomic mass is 35.5. The van der Waals surface area contributed by atoms with Gasteiger partial charge in [-0.25, -0.2) is 4.39 Å². The summed E-state index contributed by atoms with van der Waals surface area (Å²) in [6, 6.07) is 13.2. The zero-order valence-electron chi connectivity index (χ0n) is 9.74. The van der Waals surface area contributed by atoms with Crippen LogP contribution in [0.3, 0.4) is 0 Å². The third-order valence-electron chi connectivity index (χ3n) is 2.53. The summed E-state index contributed by atoms with van der Waals surface area (Å²) in [6.07, 6.45) is 0. The van der Waals surface area contributed by atoms with E-state index in [-0.39, 0.29) is 10.7 Å². The second kappa shape index (κ2) is 6.04. The molecule has 2 nitrogen and oxygen atoms in total. The average molecular weight is 298 g/mol. The summed E-state index contributed by atoms with van der Waals surface area (Å²) in [6.45, 7) is 0. The van der Waals surface area contributed by atoms with Gasteiger partial charge in [-0.2, -0.15) is 0 Å². The van der Waals surface area contributed by atoms with Gasteiger partial charge in [-0.05, 0) is 17.7 Å². The molecule has 0 fully saturated rings. The molecule has 0 aliphatic rings. The molecular formula is C14H10Cl2FNO. The molecule has 2 aromatic rings. The fourth-order valence-corrected chi connectivity index (χ4v) is 1.94. The first kappa shape index (κ1) is 13.8. The monoisotopic (exact) mass is 297 g/mol. The highest BCUT2D eigenvalue weighted by Crippen LogP contribution is 2.25. The number of anilines is 1. The highest BCUT2D eigenvalue weighted by Gasteiger charge is 2.19. The van der Waals surface area contributed by atoms with Crippen LogP contribution in [-0.4, -0.2) is 5.91 Å². The van der Waals surface area contributed by atoms with E-state index < -0.39 is 17.1 Å². The summed E-state index contributed by atoms with van der Waals surface area (Å²) < 4.78 is 13.6. The third kappa shape index (κ3) is 3.25. The van der Waals surface area contributed by atoms with Crippen molar-refractivity contribution in [1.82, 2.24) is 0 Å². The lowest BCUT2D eigenvalue weighted by molar-refractivity contribution is -0.116. The maximum atomic E-state index is 13.6. The first-order valence-corrected chi connectivity index (χ1v) is 6.35. The van der Waals surface area contributed by atoms with Crippen LogP contribution in [0.5, 0.6) is 0 Å². The number of carbonyl (C=O) groups excluding carboxylic acids is 1.